The Morgan fingerprint density at radius 3 is 2.72 bits per heavy atom. The Labute approximate surface area is 149 Å². The molecule has 0 saturated carbocycles. The highest BCUT2D eigenvalue weighted by molar-refractivity contribution is 7.18. The van der Waals surface area contributed by atoms with Crippen molar-refractivity contribution in [2.75, 3.05) is 13.7 Å². The number of rotatable bonds is 3. The van der Waals surface area contributed by atoms with Crippen molar-refractivity contribution in [2.45, 2.75) is 19.1 Å². The summed E-state index contributed by atoms with van der Waals surface area (Å²) in [6.07, 6.45) is -0.642. The number of amides is 1. The zero-order valence-corrected chi connectivity index (χ0v) is 14.8. The molecule has 1 aliphatic heterocycles. The zero-order chi connectivity index (χ0) is 17.4. The van der Waals surface area contributed by atoms with E-state index in [4.69, 9.17) is 9.47 Å². The number of para-hydroxylation sites is 3. The van der Waals surface area contributed by atoms with E-state index in [1.807, 2.05) is 55.5 Å². The van der Waals surface area contributed by atoms with E-state index in [-0.39, 0.29) is 18.6 Å². The summed E-state index contributed by atoms with van der Waals surface area (Å²) in [5.74, 6) is 1.17. The molecule has 3 aromatic rings. The van der Waals surface area contributed by atoms with E-state index in [9.17, 15) is 4.79 Å². The van der Waals surface area contributed by atoms with Crippen LogP contribution in [0.3, 0.4) is 0 Å². The summed E-state index contributed by atoms with van der Waals surface area (Å²) >= 11 is 1.61. The first-order valence-corrected chi connectivity index (χ1v) is 8.96. The summed E-state index contributed by atoms with van der Waals surface area (Å²) in [5, 5.41) is 0.911. The number of carbonyl (C=O) groups is 1. The lowest BCUT2D eigenvalue weighted by Crippen LogP contribution is -2.45. The Morgan fingerprint density at radius 1 is 1.20 bits per heavy atom. The lowest BCUT2D eigenvalue weighted by Gasteiger charge is -2.31. The fourth-order valence-corrected chi connectivity index (χ4v) is 3.86. The van der Waals surface area contributed by atoms with Crippen molar-refractivity contribution in [2.24, 2.45) is 0 Å². The number of hydrogen-bond acceptors (Lipinski definition) is 5. The molecule has 6 heteroatoms. The van der Waals surface area contributed by atoms with Crippen LogP contribution in [0, 0.1) is 0 Å². The number of hydrogen-bond donors (Lipinski definition) is 0. The van der Waals surface area contributed by atoms with Gasteiger partial charge < -0.3 is 14.4 Å². The molecule has 0 aliphatic carbocycles. The van der Waals surface area contributed by atoms with Crippen LogP contribution in [0.25, 0.3) is 10.2 Å². The third-order valence-electron chi connectivity index (χ3n) is 4.38. The van der Waals surface area contributed by atoms with Crippen LogP contribution < -0.4 is 9.47 Å². The molecule has 1 amide bonds. The van der Waals surface area contributed by atoms with E-state index >= 15 is 0 Å². The van der Waals surface area contributed by atoms with Gasteiger partial charge in [0.2, 0.25) is 6.10 Å². The highest BCUT2D eigenvalue weighted by Crippen LogP contribution is 2.33. The number of aromatic nitrogens is 1. The van der Waals surface area contributed by atoms with E-state index in [0.29, 0.717) is 11.5 Å². The van der Waals surface area contributed by atoms with Crippen LogP contribution in [-0.2, 0) is 4.79 Å². The van der Waals surface area contributed by atoms with Crippen LogP contribution in [0.2, 0.25) is 0 Å². The molecule has 0 spiro atoms. The number of fused-ring (bicyclic) bond motifs is 2. The number of carbonyl (C=O) groups excluding carboxylic acids is 1. The van der Waals surface area contributed by atoms with E-state index in [1.54, 1.807) is 23.3 Å². The second-order valence-corrected chi connectivity index (χ2v) is 7.07. The second-order valence-electron chi connectivity index (χ2n) is 6.01. The normalized spacial score (nSPS) is 17.3. The SMILES string of the molecule is C[C@@H](c1nc2ccccc2s1)N(C)C(=O)[C@@H]1COc2ccccc2O1. The van der Waals surface area contributed by atoms with Crippen molar-refractivity contribution in [1.82, 2.24) is 9.88 Å². The van der Waals surface area contributed by atoms with Crippen molar-refractivity contribution < 1.29 is 14.3 Å². The molecule has 4 rings (SSSR count). The summed E-state index contributed by atoms with van der Waals surface area (Å²) in [4.78, 5) is 19.2. The monoisotopic (exact) mass is 354 g/mol. The van der Waals surface area contributed by atoms with Gasteiger partial charge in [0.25, 0.3) is 5.91 Å². The van der Waals surface area contributed by atoms with E-state index in [2.05, 4.69) is 4.98 Å². The molecule has 0 fully saturated rings. The maximum Gasteiger partial charge on any atom is 0.267 e. The lowest BCUT2D eigenvalue weighted by atomic mass is 10.2. The van der Waals surface area contributed by atoms with Gasteiger partial charge in [-0.3, -0.25) is 4.79 Å². The summed E-state index contributed by atoms with van der Waals surface area (Å²) in [7, 11) is 1.78. The molecule has 0 N–H and O–H groups in total. The Kier molecular flexibility index (Phi) is 4.05. The molecule has 0 radical (unpaired) electrons. The molecule has 0 saturated heterocycles. The van der Waals surface area contributed by atoms with Crippen molar-refractivity contribution in [3.05, 3.63) is 53.5 Å². The van der Waals surface area contributed by atoms with Crippen LogP contribution >= 0.6 is 11.3 Å². The molecule has 2 aromatic carbocycles. The minimum atomic E-state index is -0.642. The van der Waals surface area contributed by atoms with E-state index in [0.717, 1.165) is 15.2 Å². The van der Waals surface area contributed by atoms with Gasteiger partial charge in [-0.25, -0.2) is 4.98 Å². The molecule has 0 bridgehead atoms. The predicted octanol–water partition coefficient (Wildman–Crippen LogP) is 3.66. The first kappa shape index (κ1) is 15.9. The van der Waals surface area contributed by atoms with Gasteiger partial charge in [0.15, 0.2) is 11.5 Å². The van der Waals surface area contributed by atoms with Crippen LogP contribution in [0.1, 0.15) is 18.0 Å². The van der Waals surface area contributed by atoms with Crippen molar-refractivity contribution in [3.8, 4) is 11.5 Å². The number of thiazole rings is 1. The Balaban J connectivity index is 1.52. The molecule has 1 aliphatic rings. The first-order valence-electron chi connectivity index (χ1n) is 8.14. The molecule has 5 nitrogen and oxygen atoms in total. The predicted molar refractivity (Wildman–Crippen MR) is 97.2 cm³/mol. The van der Waals surface area contributed by atoms with Gasteiger partial charge in [-0.2, -0.15) is 0 Å². The molecule has 0 unspecified atom stereocenters. The Bertz CT molecular complexity index is 891. The Morgan fingerprint density at radius 2 is 1.92 bits per heavy atom. The topological polar surface area (TPSA) is 51.7 Å². The summed E-state index contributed by atoms with van der Waals surface area (Å²) in [6.45, 7) is 2.19. The van der Waals surface area contributed by atoms with Gasteiger partial charge in [0.1, 0.15) is 11.6 Å². The van der Waals surface area contributed by atoms with Gasteiger partial charge in [-0.15, -0.1) is 11.3 Å². The van der Waals surface area contributed by atoms with E-state index < -0.39 is 6.10 Å². The molecular formula is C19H18N2O3S. The summed E-state index contributed by atoms with van der Waals surface area (Å²) in [6, 6.07) is 15.2. The molecule has 2 heterocycles. The quantitative estimate of drug-likeness (QED) is 0.720. The third kappa shape index (κ3) is 2.93. The number of likely N-dealkylation sites (N-methyl/N-ethyl adjacent to an activating group) is 1. The van der Waals surface area contributed by atoms with Crippen molar-refractivity contribution in [3.63, 3.8) is 0 Å². The zero-order valence-electron chi connectivity index (χ0n) is 14.0. The van der Waals surface area contributed by atoms with Gasteiger partial charge in [0, 0.05) is 7.05 Å². The number of ether oxygens (including phenoxy) is 2. The second kappa shape index (κ2) is 6.37. The smallest absolute Gasteiger partial charge is 0.267 e. The Hall–Kier alpha value is -2.60. The highest BCUT2D eigenvalue weighted by atomic mass is 32.1. The third-order valence-corrected chi connectivity index (χ3v) is 5.59. The number of benzene rings is 2. The van der Waals surface area contributed by atoms with Crippen LogP contribution in [0.5, 0.6) is 11.5 Å². The maximum atomic E-state index is 12.8. The standard InChI is InChI=1S/C19H18N2O3S/c1-12(18-20-13-7-3-6-10-17(13)25-18)21(2)19(22)16-11-23-14-8-4-5-9-15(14)24-16/h3-10,12,16H,11H2,1-2H3/t12-,16-/m0/s1. The molecule has 1 aromatic heterocycles. The fraction of sp³-hybridized carbons (Fsp3) is 0.263. The largest absolute Gasteiger partial charge is 0.485 e. The average Bonchev–Trinajstić information content (AvgIpc) is 3.10. The summed E-state index contributed by atoms with van der Waals surface area (Å²) in [5.41, 5.74) is 0.960. The summed E-state index contributed by atoms with van der Waals surface area (Å²) < 4.78 is 12.6. The minimum Gasteiger partial charge on any atom is -0.485 e. The van der Waals surface area contributed by atoms with Gasteiger partial charge in [0.05, 0.1) is 16.3 Å². The molecule has 128 valence electrons. The maximum absolute atomic E-state index is 12.8. The molecule has 25 heavy (non-hydrogen) atoms. The van der Waals surface area contributed by atoms with Gasteiger partial charge in [-0.05, 0) is 31.2 Å². The minimum absolute atomic E-state index is 0.110. The van der Waals surface area contributed by atoms with Crippen molar-refractivity contribution in [1.29, 1.82) is 0 Å². The number of nitrogens with zero attached hydrogens (tertiary/aromatic N) is 2. The van der Waals surface area contributed by atoms with Crippen molar-refractivity contribution >= 4 is 27.5 Å². The van der Waals surface area contributed by atoms with Gasteiger partial charge in [-0.1, -0.05) is 24.3 Å². The fourth-order valence-electron chi connectivity index (χ4n) is 2.79. The first-order chi connectivity index (χ1) is 12.1. The lowest BCUT2D eigenvalue weighted by molar-refractivity contribution is -0.141. The average molecular weight is 354 g/mol. The molecule has 2 atom stereocenters. The highest BCUT2D eigenvalue weighted by Gasteiger charge is 2.32. The van der Waals surface area contributed by atoms with Gasteiger partial charge >= 0.3 is 0 Å². The van der Waals surface area contributed by atoms with Crippen LogP contribution in [0.15, 0.2) is 48.5 Å². The van der Waals surface area contributed by atoms with Crippen LogP contribution in [0.4, 0.5) is 0 Å². The molecular weight excluding hydrogens is 336 g/mol. The van der Waals surface area contributed by atoms with E-state index in [1.165, 1.54) is 0 Å². The van der Waals surface area contributed by atoms with Crippen LogP contribution in [-0.4, -0.2) is 35.5 Å².